The number of halogens is 3. The second-order valence-corrected chi connectivity index (χ2v) is 7.60. The minimum Gasteiger partial charge on any atom is -0.311 e. The van der Waals surface area contributed by atoms with Gasteiger partial charge >= 0.3 is 0 Å². The first-order valence-corrected chi connectivity index (χ1v) is 8.12. The van der Waals surface area contributed by atoms with Crippen molar-refractivity contribution in [2.45, 2.75) is 45.8 Å². The highest BCUT2D eigenvalue weighted by Gasteiger charge is 2.35. The zero-order valence-corrected chi connectivity index (χ0v) is 14.6. The predicted octanol–water partition coefficient (Wildman–Crippen LogP) is 3.94. The lowest BCUT2D eigenvalue weighted by atomic mass is 9.92. The molecule has 0 saturated carbocycles. The summed E-state index contributed by atoms with van der Waals surface area (Å²) in [7, 11) is 0. The molecule has 1 aromatic carbocycles. The second-order valence-electron chi connectivity index (χ2n) is 6.75. The Labute approximate surface area is 134 Å². The van der Waals surface area contributed by atoms with Crippen LogP contribution in [0.4, 0.5) is 8.78 Å². The topological polar surface area (TPSA) is 15.3 Å². The molecule has 0 aliphatic carbocycles. The van der Waals surface area contributed by atoms with Crippen molar-refractivity contribution >= 4 is 15.9 Å². The van der Waals surface area contributed by atoms with Crippen molar-refractivity contribution in [2.75, 3.05) is 13.1 Å². The highest BCUT2D eigenvalue weighted by atomic mass is 79.9. The molecule has 1 saturated heterocycles. The molecule has 1 N–H and O–H groups in total. The number of benzene rings is 1. The van der Waals surface area contributed by atoms with Gasteiger partial charge in [0.15, 0.2) is 0 Å². The van der Waals surface area contributed by atoms with Gasteiger partial charge in [-0.1, -0.05) is 13.8 Å². The molecule has 0 spiro atoms. The second kappa shape index (κ2) is 6.31. The largest absolute Gasteiger partial charge is 0.311 e. The fourth-order valence-electron chi connectivity index (χ4n) is 2.67. The first kappa shape index (κ1) is 16.8. The highest BCUT2D eigenvalue weighted by Crippen LogP contribution is 2.28. The normalized spacial score (nSPS) is 22.8. The summed E-state index contributed by atoms with van der Waals surface area (Å²) in [6.45, 7) is 10.4. The fourth-order valence-corrected chi connectivity index (χ4v) is 3.04. The Morgan fingerprint density at radius 1 is 1.38 bits per heavy atom. The van der Waals surface area contributed by atoms with Crippen LogP contribution < -0.4 is 5.32 Å². The van der Waals surface area contributed by atoms with Gasteiger partial charge in [0.2, 0.25) is 0 Å². The molecule has 0 aromatic heterocycles. The molecule has 0 radical (unpaired) electrons. The molecule has 1 fully saturated rings. The molecule has 2 rings (SSSR count). The summed E-state index contributed by atoms with van der Waals surface area (Å²) in [4.78, 5) is 2.17. The van der Waals surface area contributed by atoms with Crippen LogP contribution in [0.1, 0.15) is 33.3 Å². The maximum absolute atomic E-state index is 14.2. The Morgan fingerprint density at radius 2 is 2.05 bits per heavy atom. The molecule has 2 nitrogen and oxygen atoms in total. The van der Waals surface area contributed by atoms with E-state index in [2.05, 4.69) is 53.8 Å². The van der Waals surface area contributed by atoms with Gasteiger partial charge in [-0.05, 0) is 47.8 Å². The summed E-state index contributed by atoms with van der Waals surface area (Å²) in [6, 6.07) is 3.07. The Balaban J connectivity index is 2.26. The van der Waals surface area contributed by atoms with Crippen LogP contribution in [0, 0.1) is 17.6 Å². The Hall–Kier alpha value is -0.520. The van der Waals surface area contributed by atoms with Gasteiger partial charge in [0.05, 0.1) is 4.47 Å². The summed E-state index contributed by atoms with van der Waals surface area (Å²) in [5.74, 6) is -0.489. The minimum atomic E-state index is -0.495. The Kier molecular flexibility index (Phi) is 5.06. The summed E-state index contributed by atoms with van der Waals surface area (Å²) in [6.07, 6.45) is 0. The zero-order valence-electron chi connectivity index (χ0n) is 13.0. The monoisotopic (exact) mass is 360 g/mol. The van der Waals surface area contributed by atoms with Crippen molar-refractivity contribution in [3.8, 4) is 0 Å². The van der Waals surface area contributed by atoms with Crippen LogP contribution in [0.25, 0.3) is 0 Å². The van der Waals surface area contributed by atoms with Crippen LogP contribution >= 0.6 is 15.9 Å². The van der Waals surface area contributed by atoms with Crippen molar-refractivity contribution < 1.29 is 8.78 Å². The van der Waals surface area contributed by atoms with Gasteiger partial charge in [-0.2, -0.15) is 0 Å². The van der Waals surface area contributed by atoms with Gasteiger partial charge in [-0.25, -0.2) is 8.78 Å². The van der Waals surface area contributed by atoms with Gasteiger partial charge in [0, 0.05) is 36.8 Å². The molecule has 1 aromatic rings. The molecule has 1 heterocycles. The Morgan fingerprint density at radius 3 is 2.67 bits per heavy atom. The van der Waals surface area contributed by atoms with Crippen LogP contribution in [0.2, 0.25) is 0 Å². The van der Waals surface area contributed by atoms with Crippen molar-refractivity contribution in [1.82, 2.24) is 10.2 Å². The van der Waals surface area contributed by atoms with Crippen LogP contribution in [-0.4, -0.2) is 29.6 Å². The number of hydrogen-bond donors (Lipinski definition) is 1. The maximum atomic E-state index is 14.2. The van der Waals surface area contributed by atoms with E-state index >= 15 is 0 Å². The molecule has 1 aliphatic heterocycles. The quantitative estimate of drug-likeness (QED) is 0.821. The third-order valence-corrected chi connectivity index (χ3v) is 4.98. The molecule has 1 unspecified atom stereocenters. The molecule has 5 heteroatoms. The van der Waals surface area contributed by atoms with Crippen LogP contribution in [0.3, 0.4) is 0 Å². The van der Waals surface area contributed by atoms with Crippen molar-refractivity contribution in [2.24, 2.45) is 5.92 Å². The van der Waals surface area contributed by atoms with Crippen LogP contribution in [-0.2, 0) is 6.54 Å². The molecule has 0 amide bonds. The fraction of sp³-hybridized carbons (Fsp3) is 0.625. The summed E-state index contributed by atoms with van der Waals surface area (Å²) >= 11 is 3.14. The highest BCUT2D eigenvalue weighted by molar-refractivity contribution is 9.10. The van der Waals surface area contributed by atoms with E-state index in [0.717, 1.165) is 13.1 Å². The van der Waals surface area contributed by atoms with E-state index in [9.17, 15) is 8.78 Å². The van der Waals surface area contributed by atoms with Gasteiger partial charge in [-0.15, -0.1) is 0 Å². The van der Waals surface area contributed by atoms with E-state index in [0.29, 0.717) is 16.4 Å². The summed E-state index contributed by atoms with van der Waals surface area (Å²) < 4.78 is 28.5. The molecular formula is C16H23BrF2N2. The third kappa shape index (κ3) is 3.63. The SMILES string of the molecule is CC(C)C1CN(Cc2c(F)ccc(Br)c2F)C(C)(C)CN1. The van der Waals surface area contributed by atoms with Gasteiger partial charge in [0.1, 0.15) is 11.6 Å². The average molecular weight is 361 g/mol. The molecule has 1 aliphatic rings. The van der Waals surface area contributed by atoms with E-state index in [1.807, 2.05) is 0 Å². The van der Waals surface area contributed by atoms with Crippen molar-refractivity contribution in [3.63, 3.8) is 0 Å². The lowest BCUT2D eigenvalue weighted by Crippen LogP contribution is -2.62. The van der Waals surface area contributed by atoms with E-state index in [-0.39, 0.29) is 17.6 Å². The van der Waals surface area contributed by atoms with Crippen LogP contribution in [0.5, 0.6) is 0 Å². The maximum Gasteiger partial charge on any atom is 0.144 e. The molecule has 118 valence electrons. The number of hydrogen-bond acceptors (Lipinski definition) is 2. The Bertz CT molecular complexity index is 517. The predicted molar refractivity (Wildman–Crippen MR) is 85.2 cm³/mol. The first-order chi connectivity index (χ1) is 9.72. The van der Waals surface area contributed by atoms with Gasteiger partial charge in [-0.3, -0.25) is 4.90 Å². The van der Waals surface area contributed by atoms with Crippen LogP contribution in [0.15, 0.2) is 16.6 Å². The van der Waals surface area contributed by atoms with Gasteiger partial charge < -0.3 is 5.32 Å². The zero-order chi connectivity index (χ0) is 15.8. The molecule has 0 bridgehead atoms. The number of nitrogens with zero attached hydrogens (tertiary/aromatic N) is 1. The van der Waals surface area contributed by atoms with E-state index in [1.54, 1.807) is 0 Å². The summed E-state index contributed by atoms with van der Waals surface area (Å²) in [5.41, 5.74) is 0.00825. The lowest BCUT2D eigenvalue weighted by Gasteiger charge is -2.47. The third-order valence-electron chi connectivity index (χ3n) is 4.36. The minimum absolute atomic E-state index is 0.132. The molecular weight excluding hydrogens is 338 g/mol. The number of nitrogens with one attached hydrogen (secondary N) is 1. The van der Waals surface area contributed by atoms with Crippen molar-refractivity contribution in [1.29, 1.82) is 0 Å². The molecule has 1 atom stereocenters. The number of rotatable bonds is 3. The molecule has 21 heavy (non-hydrogen) atoms. The number of piperazine rings is 1. The smallest absolute Gasteiger partial charge is 0.144 e. The lowest BCUT2D eigenvalue weighted by molar-refractivity contribution is 0.0456. The summed E-state index contributed by atoms with van der Waals surface area (Å²) in [5, 5.41) is 3.53. The standard InChI is InChI=1S/C16H23BrF2N2/c1-10(2)14-8-21(16(3,4)9-20-14)7-11-13(18)6-5-12(17)15(11)19/h5-6,10,14,20H,7-9H2,1-4H3. The first-order valence-electron chi connectivity index (χ1n) is 7.33. The van der Waals surface area contributed by atoms with E-state index in [1.165, 1.54) is 12.1 Å². The average Bonchev–Trinajstić information content (AvgIpc) is 2.40. The van der Waals surface area contributed by atoms with E-state index in [4.69, 9.17) is 0 Å². The van der Waals surface area contributed by atoms with Gasteiger partial charge in [0.25, 0.3) is 0 Å². The van der Waals surface area contributed by atoms with Crippen molar-refractivity contribution in [3.05, 3.63) is 33.8 Å². The van der Waals surface area contributed by atoms with E-state index < -0.39 is 11.6 Å².